The van der Waals surface area contributed by atoms with E-state index in [0.717, 1.165) is 39.0 Å². The second kappa shape index (κ2) is 6.80. The SMILES string of the molecule is O=C(c1cccc(Oc2cnccn2)c1)N1CCC2(CCNC2)CC1. The Kier molecular flexibility index (Phi) is 4.36. The van der Waals surface area contributed by atoms with Gasteiger partial charge in [0.05, 0.1) is 6.20 Å². The number of carbonyl (C=O) groups is 1. The number of rotatable bonds is 3. The molecule has 2 aliphatic rings. The topological polar surface area (TPSA) is 67.3 Å². The van der Waals surface area contributed by atoms with Crippen LogP contribution in [0.1, 0.15) is 29.6 Å². The summed E-state index contributed by atoms with van der Waals surface area (Å²) in [4.78, 5) is 22.9. The van der Waals surface area contributed by atoms with Crippen LogP contribution in [0.2, 0.25) is 0 Å². The van der Waals surface area contributed by atoms with Gasteiger partial charge < -0.3 is 15.0 Å². The molecule has 0 unspecified atom stereocenters. The molecule has 2 saturated heterocycles. The molecule has 1 spiro atoms. The summed E-state index contributed by atoms with van der Waals surface area (Å²) >= 11 is 0. The Labute approximate surface area is 147 Å². The summed E-state index contributed by atoms with van der Waals surface area (Å²) in [6.07, 6.45) is 8.12. The van der Waals surface area contributed by atoms with Crippen LogP contribution in [0.3, 0.4) is 0 Å². The molecule has 25 heavy (non-hydrogen) atoms. The van der Waals surface area contributed by atoms with Crippen LogP contribution in [0, 0.1) is 5.41 Å². The molecule has 6 nitrogen and oxygen atoms in total. The van der Waals surface area contributed by atoms with E-state index in [0.29, 0.717) is 22.6 Å². The summed E-state index contributed by atoms with van der Waals surface area (Å²) < 4.78 is 5.68. The van der Waals surface area contributed by atoms with Crippen LogP contribution < -0.4 is 10.1 Å². The van der Waals surface area contributed by atoms with Gasteiger partial charge in [-0.3, -0.25) is 9.78 Å². The number of amides is 1. The van der Waals surface area contributed by atoms with Crippen molar-refractivity contribution >= 4 is 5.91 Å². The Bertz CT molecular complexity index is 734. The van der Waals surface area contributed by atoms with Crippen LogP contribution in [0.15, 0.2) is 42.9 Å². The summed E-state index contributed by atoms with van der Waals surface area (Å²) in [5.74, 6) is 1.09. The lowest BCUT2D eigenvalue weighted by atomic mass is 9.78. The average molecular weight is 338 g/mol. The number of hydrogen-bond donors (Lipinski definition) is 1. The molecule has 2 aromatic rings. The van der Waals surface area contributed by atoms with Gasteiger partial charge in [0.25, 0.3) is 5.91 Å². The number of piperidine rings is 1. The zero-order valence-electron chi connectivity index (χ0n) is 14.1. The Balaban J connectivity index is 1.43. The molecule has 1 N–H and O–H groups in total. The van der Waals surface area contributed by atoms with Gasteiger partial charge in [0.15, 0.2) is 0 Å². The van der Waals surface area contributed by atoms with Crippen molar-refractivity contribution in [3.05, 3.63) is 48.4 Å². The van der Waals surface area contributed by atoms with Gasteiger partial charge in [-0.25, -0.2) is 4.98 Å². The Morgan fingerprint density at radius 1 is 1.20 bits per heavy atom. The van der Waals surface area contributed by atoms with Gasteiger partial charge in [-0.1, -0.05) is 6.07 Å². The van der Waals surface area contributed by atoms with Crippen LogP contribution in [-0.4, -0.2) is 47.0 Å². The number of aromatic nitrogens is 2. The van der Waals surface area contributed by atoms with E-state index in [2.05, 4.69) is 15.3 Å². The molecular formula is C19H22N4O2. The first kappa shape index (κ1) is 16.0. The second-order valence-corrected chi connectivity index (χ2v) is 6.89. The molecule has 3 heterocycles. The number of likely N-dealkylation sites (tertiary alicyclic amines) is 1. The fraction of sp³-hybridized carbons (Fsp3) is 0.421. The van der Waals surface area contributed by atoms with E-state index in [4.69, 9.17) is 4.74 Å². The van der Waals surface area contributed by atoms with E-state index in [9.17, 15) is 4.79 Å². The van der Waals surface area contributed by atoms with Crippen molar-refractivity contribution < 1.29 is 9.53 Å². The molecular weight excluding hydrogens is 316 g/mol. The maximum Gasteiger partial charge on any atom is 0.253 e. The van der Waals surface area contributed by atoms with E-state index >= 15 is 0 Å². The minimum absolute atomic E-state index is 0.0744. The smallest absolute Gasteiger partial charge is 0.253 e. The van der Waals surface area contributed by atoms with Crippen LogP contribution >= 0.6 is 0 Å². The van der Waals surface area contributed by atoms with Crippen LogP contribution in [0.4, 0.5) is 0 Å². The first-order valence-corrected chi connectivity index (χ1v) is 8.78. The van der Waals surface area contributed by atoms with E-state index in [1.807, 2.05) is 23.1 Å². The van der Waals surface area contributed by atoms with Crippen molar-refractivity contribution in [2.75, 3.05) is 26.2 Å². The van der Waals surface area contributed by atoms with Crippen LogP contribution in [0.25, 0.3) is 0 Å². The number of hydrogen-bond acceptors (Lipinski definition) is 5. The molecule has 0 atom stereocenters. The normalized spacial score (nSPS) is 19.1. The van der Waals surface area contributed by atoms with Gasteiger partial charge in [-0.15, -0.1) is 0 Å². The molecule has 2 fully saturated rings. The lowest BCUT2D eigenvalue weighted by Gasteiger charge is -2.38. The Hall–Kier alpha value is -2.47. The van der Waals surface area contributed by atoms with Crippen LogP contribution in [0.5, 0.6) is 11.6 Å². The van der Waals surface area contributed by atoms with Crippen molar-refractivity contribution in [3.8, 4) is 11.6 Å². The molecule has 6 heteroatoms. The zero-order chi connectivity index (χ0) is 17.1. The molecule has 0 saturated carbocycles. The third-order valence-corrected chi connectivity index (χ3v) is 5.29. The van der Waals surface area contributed by atoms with E-state index in [1.165, 1.54) is 6.42 Å². The first-order valence-electron chi connectivity index (χ1n) is 8.78. The minimum Gasteiger partial charge on any atom is -0.437 e. The third kappa shape index (κ3) is 3.49. The maximum atomic E-state index is 12.8. The van der Waals surface area contributed by atoms with Gasteiger partial charge in [0.2, 0.25) is 5.88 Å². The van der Waals surface area contributed by atoms with Crippen molar-refractivity contribution in [1.82, 2.24) is 20.2 Å². The average Bonchev–Trinajstić information content (AvgIpc) is 3.11. The van der Waals surface area contributed by atoms with Gasteiger partial charge in [-0.2, -0.15) is 0 Å². The summed E-state index contributed by atoms with van der Waals surface area (Å²) in [5.41, 5.74) is 1.06. The van der Waals surface area contributed by atoms with Crippen LogP contribution in [-0.2, 0) is 0 Å². The molecule has 130 valence electrons. The number of nitrogens with zero attached hydrogens (tertiary/aromatic N) is 3. The number of carbonyl (C=O) groups excluding carboxylic acids is 1. The van der Waals surface area contributed by atoms with Crippen molar-refractivity contribution in [2.24, 2.45) is 5.41 Å². The van der Waals surface area contributed by atoms with E-state index < -0.39 is 0 Å². The predicted molar refractivity (Wildman–Crippen MR) is 93.6 cm³/mol. The molecule has 2 aliphatic heterocycles. The monoisotopic (exact) mass is 338 g/mol. The third-order valence-electron chi connectivity index (χ3n) is 5.29. The fourth-order valence-electron chi connectivity index (χ4n) is 3.74. The number of nitrogens with one attached hydrogen (secondary N) is 1. The van der Waals surface area contributed by atoms with Gasteiger partial charge >= 0.3 is 0 Å². The van der Waals surface area contributed by atoms with Crippen molar-refractivity contribution in [2.45, 2.75) is 19.3 Å². The Morgan fingerprint density at radius 2 is 2.08 bits per heavy atom. The molecule has 1 aromatic carbocycles. The number of ether oxygens (including phenoxy) is 1. The summed E-state index contributed by atoms with van der Waals surface area (Å²) in [5, 5.41) is 3.46. The predicted octanol–water partition coefficient (Wildman–Crippen LogP) is 2.48. The lowest BCUT2D eigenvalue weighted by molar-refractivity contribution is 0.0607. The van der Waals surface area contributed by atoms with Crippen molar-refractivity contribution in [3.63, 3.8) is 0 Å². The molecule has 0 bridgehead atoms. The quantitative estimate of drug-likeness (QED) is 0.931. The van der Waals surface area contributed by atoms with Gasteiger partial charge in [0.1, 0.15) is 5.75 Å². The molecule has 1 amide bonds. The number of benzene rings is 1. The van der Waals surface area contributed by atoms with E-state index in [1.54, 1.807) is 24.7 Å². The highest BCUT2D eigenvalue weighted by Gasteiger charge is 2.38. The molecule has 1 aromatic heterocycles. The standard InChI is InChI=1S/C19H22N4O2/c24-18(23-10-5-19(6-11-23)4-7-21-14-19)15-2-1-3-16(12-15)25-17-13-20-8-9-22-17/h1-3,8-9,12-13,21H,4-7,10-11,14H2. The second-order valence-electron chi connectivity index (χ2n) is 6.89. The molecule has 4 rings (SSSR count). The highest BCUT2D eigenvalue weighted by Crippen LogP contribution is 2.37. The highest BCUT2D eigenvalue weighted by atomic mass is 16.5. The molecule has 0 radical (unpaired) electrons. The maximum absolute atomic E-state index is 12.8. The summed E-state index contributed by atoms with van der Waals surface area (Å²) in [6.45, 7) is 3.86. The zero-order valence-corrected chi connectivity index (χ0v) is 14.1. The first-order chi connectivity index (χ1) is 12.2. The highest BCUT2D eigenvalue weighted by molar-refractivity contribution is 5.94. The molecule has 0 aliphatic carbocycles. The minimum atomic E-state index is 0.0744. The fourth-order valence-corrected chi connectivity index (χ4v) is 3.74. The summed E-state index contributed by atoms with van der Waals surface area (Å²) in [7, 11) is 0. The van der Waals surface area contributed by atoms with Gasteiger partial charge in [-0.05, 0) is 49.4 Å². The summed E-state index contributed by atoms with van der Waals surface area (Å²) in [6, 6.07) is 7.28. The van der Waals surface area contributed by atoms with Crippen molar-refractivity contribution in [1.29, 1.82) is 0 Å². The van der Waals surface area contributed by atoms with Gasteiger partial charge in [0, 0.05) is 37.6 Å². The lowest BCUT2D eigenvalue weighted by Crippen LogP contribution is -2.44. The van der Waals surface area contributed by atoms with E-state index in [-0.39, 0.29) is 5.91 Å². The largest absolute Gasteiger partial charge is 0.437 e. The Morgan fingerprint density at radius 3 is 2.80 bits per heavy atom.